The summed E-state index contributed by atoms with van der Waals surface area (Å²) in [4.78, 5) is 40.8. The fourth-order valence-corrected chi connectivity index (χ4v) is 4.27. The standard InChI is InChI=1S/C22H21BrFN3O3/c23-14-4-6-16-17(12-14)22(30)27(21(16)29)11-8-20(28)25-18-13-15(24)5-7-19(18)26-9-2-1-3-10-26/h4-7,12-13H,1-3,8-11H2,(H,25,28). The van der Waals surface area contributed by atoms with Crippen LogP contribution in [0.2, 0.25) is 0 Å². The molecule has 4 rings (SSSR count). The largest absolute Gasteiger partial charge is 0.370 e. The molecular weight excluding hydrogens is 453 g/mol. The van der Waals surface area contributed by atoms with Crippen molar-refractivity contribution in [1.29, 1.82) is 0 Å². The summed E-state index contributed by atoms with van der Waals surface area (Å²) in [6.45, 7) is 1.68. The van der Waals surface area contributed by atoms with E-state index in [0.29, 0.717) is 21.3 Å². The molecule has 30 heavy (non-hydrogen) atoms. The predicted molar refractivity (Wildman–Crippen MR) is 115 cm³/mol. The average molecular weight is 474 g/mol. The normalized spacial score (nSPS) is 16.1. The molecule has 0 atom stereocenters. The number of carbonyl (C=O) groups excluding carboxylic acids is 3. The fourth-order valence-electron chi connectivity index (χ4n) is 3.91. The lowest BCUT2D eigenvalue weighted by Crippen LogP contribution is -2.33. The number of imide groups is 1. The van der Waals surface area contributed by atoms with Gasteiger partial charge in [0, 0.05) is 30.5 Å². The molecule has 0 aromatic heterocycles. The summed E-state index contributed by atoms with van der Waals surface area (Å²) in [5.41, 5.74) is 1.86. The summed E-state index contributed by atoms with van der Waals surface area (Å²) in [5, 5.41) is 2.76. The van der Waals surface area contributed by atoms with Crippen LogP contribution < -0.4 is 10.2 Å². The summed E-state index contributed by atoms with van der Waals surface area (Å²) in [7, 11) is 0. The van der Waals surface area contributed by atoms with Crippen molar-refractivity contribution >= 4 is 45.0 Å². The molecule has 2 aliphatic rings. The van der Waals surface area contributed by atoms with E-state index in [1.807, 2.05) is 0 Å². The Morgan fingerprint density at radius 3 is 2.50 bits per heavy atom. The third-order valence-corrected chi connectivity index (χ3v) is 5.92. The molecule has 0 bridgehead atoms. The van der Waals surface area contributed by atoms with Crippen molar-refractivity contribution in [1.82, 2.24) is 4.90 Å². The second-order valence-corrected chi connectivity index (χ2v) is 8.37. The number of amides is 3. The highest BCUT2D eigenvalue weighted by Crippen LogP contribution is 2.30. The number of rotatable bonds is 5. The van der Waals surface area contributed by atoms with Gasteiger partial charge in [0.25, 0.3) is 11.8 Å². The van der Waals surface area contributed by atoms with E-state index in [0.717, 1.165) is 42.9 Å². The zero-order chi connectivity index (χ0) is 21.3. The number of halogens is 2. The Morgan fingerprint density at radius 1 is 1.00 bits per heavy atom. The first kappa shape index (κ1) is 20.5. The van der Waals surface area contributed by atoms with Crippen molar-refractivity contribution in [2.75, 3.05) is 29.9 Å². The third-order valence-electron chi connectivity index (χ3n) is 5.42. The van der Waals surface area contributed by atoms with Crippen LogP contribution in [0.15, 0.2) is 40.9 Å². The lowest BCUT2D eigenvalue weighted by atomic mass is 10.1. The molecule has 156 valence electrons. The van der Waals surface area contributed by atoms with E-state index in [9.17, 15) is 18.8 Å². The van der Waals surface area contributed by atoms with Gasteiger partial charge in [0.1, 0.15) is 5.82 Å². The first-order valence-corrected chi connectivity index (χ1v) is 10.7. The van der Waals surface area contributed by atoms with Gasteiger partial charge in [-0.05, 0) is 55.7 Å². The molecule has 0 unspecified atom stereocenters. The Bertz CT molecular complexity index is 1020. The zero-order valence-electron chi connectivity index (χ0n) is 16.3. The van der Waals surface area contributed by atoms with Crippen molar-refractivity contribution in [2.24, 2.45) is 0 Å². The van der Waals surface area contributed by atoms with Gasteiger partial charge < -0.3 is 10.2 Å². The monoisotopic (exact) mass is 473 g/mol. The maximum absolute atomic E-state index is 13.8. The van der Waals surface area contributed by atoms with E-state index >= 15 is 0 Å². The van der Waals surface area contributed by atoms with Gasteiger partial charge >= 0.3 is 0 Å². The molecule has 2 aliphatic heterocycles. The van der Waals surface area contributed by atoms with E-state index < -0.39 is 17.6 Å². The van der Waals surface area contributed by atoms with Crippen LogP contribution in [0.5, 0.6) is 0 Å². The van der Waals surface area contributed by atoms with E-state index in [4.69, 9.17) is 0 Å². The molecule has 2 aromatic carbocycles. The van der Waals surface area contributed by atoms with Crippen molar-refractivity contribution in [3.63, 3.8) is 0 Å². The molecule has 2 heterocycles. The second kappa shape index (κ2) is 8.55. The van der Waals surface area contributed by atoms with E-state index in [1.165, 1.54) is 12.1 Å². The van der Waals surface area contributed by atoms with E-state index in [2.05, 4.69) is 26.1 Å². The number of hydrogen-bond acceptors (Lipinski definition) is 4. The van der Waals surface area contributed by atoms with Crippen molar-refractivity contribution in [3.05, 3.63) is 57.8 Å². The molecule has 8 heteroatoms. The van der Waals surface area contributed by atoms with E-state index in [-0.39, 0.29) is 18.9 Å². The number of fused-ring (bicyclic) bond motifs is 1. The summed E-state index contributed by atoms with van der Waals surface area (Å²) >= 11 is 3.30. The Hall–Kier alpha value is -2.74. The minimum Gasteiger partial charge on any atom is -0.370 e. The maximum Gasteiger partial charge on any atom is 0.261 e. The number of nitrogens with zero attached hydrogens (tertiary/aromatic N) is 2. The lowest BCUT2D eigenvalue weighted by Gasteiger charge is -2.30. The highest BCUT2D eigenvalue weighted by atomic mass is 79.9. The number of carbonyl (C=O) groups is 3. The topological polar surface area (TPSA) is 69.7 Å². The van der Waals surface area contributed by atoms with E-state index in [1.54, 1.807) is 24.3 Å². The molecule has 1 N–H and O–H groups in total. The molecule has 0 radical (unpaired) electrons. The highest BCUT2D eigenvalue weighted by molar-refractivity contribution is 9.10. The third kappa shape index (κ3) is 4.09. The lowest BCUT2D eigenvalue weighted by molar-refractivity contribution is -0.116. The number of piperidine rings is 1. The van der Waals surface area contributed by atoms with Crippen LogP contribution in [0.3, 0.4) is 0 Å². The van der Waals surface area contributed by atoms with Crippen LogP contribution in [-0.4, -0.2) is 42.3 Å². The smallest absolute Gasteiger partial charge is 0.261 e. The van der Waals surface area contributed by atoms with Gasteiger partial charge in [-0.1, -0.05) is 15.9 Å². The second-order valence-electron chi connectivity index (χ2n) is 7.46. The first-order valence-electron chi connectivity index (χ1n) is 9.94. The van der Waals surface area contributed by atoms with Crippen molar-refractivity contribution < 1.29 is 18.8 Å². The fraction of sp³-hybridized carbons (Fsp3) is 0.318. The Labute approximate surface area is 182 Å². The number of anilines is 2. The summed E-state index contributed by atoms with van der Waals surface area (Å²) in [6.07, 6.45) is 3.21. The summed E-state index contributed by atoms with van der Waals surface area (Å²) in [6, 6.07) is 9.27. The van der Waals surface area contributed by atoms with Gasteiger partial charge in [0.2, 0.25) is 5.91 Å². The number of hydrogen-bond donors (Lipinski definition) is 1. The molecule has 1 saturated heterocycles. The van der Waals surface area contributed by atoms with Crippen molar-refractivity contribution in [2.45, 2.75) is 25.7 Å². The van der Waals surface area contributed by atoms with Gasteiger partial charge in [-0.2, -0.15) is 0 Å². The van der Waals surface area contributed by atoms with Crippen molar-refractivity contribution in [3.8, 4) is 0 Å². The molecule has 0 aliphatic carbocycles. The maximum atomic E-state index is 13.8. The SMILES string of the molecule is O=C(CCN1C(=O)c2ccc(Br)cc2C1=O)Nc1cc(F)ccc1N1CCCCC1. The Balaban J connectivity index is 1.43. The van der Waals surface area contributed by atoms with Gasteiger partial charge in [-0.3, -0.25) is 19.3 Å². The number of nitrogens with one attached hydrogen (secondary N) is 1. The van der Waals surface area contributed by atoms with Gasteiger partial charge in [-0.15, -0.1) is 0 Å². The predicted octanol–water partition coefficient (Wildman–Crippen LogP) is 4.20. The van der Waals surface area contributed by atoms with Crippen LogP contribution in [-0.2, 0) is 4.79 Å². The zero-order valence-corrected chi connectivity index (χ0v) is 17.9. The van der Waals surface area contributed by atoms with Gasteiger partial charge in [0.05, 0.1) is 22.5 Å². The summed E-state index contributed by atoms with van der Waals surface area (Å²) in [5.74, 6) is -1.63. The van der Waals surface area contributed by atoms with Gasteiger partial charge in [-0.25, -0.2) is 4.39 Å². The Morgan fingerprint density at radius 2 is 1.73 bits per heavy atom. The molecule has 6 nitrogen and oxygen atoms in total. The molecule has 0 saturated carbocycles. The first-order chi connectivity index (χ1) is 14.4. The number of benzene rings is 2. The molecular formula is C22H21BrFN3O3. The van der Waals surface area contributed by atoms with Crippen LogP contribution in [0.25, 0.3) is 0 Å². The minimum atomic E-state index is -0.433. The van der Waals surface area contributed by atoms with Crippen LogP contribution in [0.4, 0.5) is 15.8 Å². The average Bonchev–Trinajstić information content (AvgIpc) is 2.96. The minimum absolute atomic E-state index is 0.0375. The quantitative estimate of drug-likeness (QED) is 0.660. The molecule has 0 spiro atoms. The van der Waals surface area contributed by atoms with Gasteiger partial charge in [0.15, 0.2) is 0 Å². The van der Waals surface area contributed by atoms with Crippen LogP contribution in [0.1, 0.15) is 46.4 Å². The highest BCUT2D eigenvalue weighted by Gasteiger charge is 2.35. The van der Waals surface area contributed by atoms with Crippen LogP contribution in [0, 0.1) is 5.82 Å². The molecule has 3 amide bonds. The van der Waals surface area contributed by atoms with Crippen LogP contribution >= 0.6 is 15.9 Å². The molecule has 2 aromatic rings. The molecule has 1 fully saturated rings. The summed E-state index contributed by atoms with van der Waals surface area (Å²) < 4.78 is 14.5. The Kier molecular flexibility index (Phi) is 5.85.